The number of hydrogen-bond donors (Lipinski definition) is 3. The van der Waals surface area contributed by atoms with Gasteiger partial charge in [-0.25, -0.2) is 0 Å². The summed E-state index contributed by atoms with van der Waals surface area (Å²) in [6, 6.07) is 2.19. The average molecular weight is 295 g/mol. The van der Waals surface area contributed by atoms with Crippen LogP contribution < -0.4 is 5.32 Å². The maximum atomic E-state index is 12.2. The Morgan fingerprint density at radius 1 is 1.33 bits per heavy atom. The number of nitriles is 1. The predicted molar refractivity (Wildman–Crippen MR) is 79.0 cm³/mol. The molecule has 0 aromatic rings. The van der Waals surface area contributed by atoms with Crippen LogP contribution in [0.1, 0.15) is 32.6 Å². The molecular weight excluding hydrogens is 270 g/mol. The minimum atomic E-state index is -0.462. The lowest BCUT2D eigenvalue weighted by atomic mass is 9.86. The van der Waals surface area contributed by atoms with Crippen LogP contribution in [0.2, 0.25) is 0 Å². The van der Waals surface area contributed by atoms with Crippen molar-refractivity contribution >= 4 is 5.91 Å². The first-order valence-electron chi connectivity index (χ1n) is 7.51. The van der Waals surface area contributed by atoms with Crippen LogP contribution in [0.3, 0.4) is 0 Å². The van der Waals surface area contributed by atoms with Crippen molar-refractivity contribution in [3.05, 3.63) is 11.8 Å². The van der Waals surface area contributed by atoms with Gasteiger partial charge >= 0.3 is 0 Å². The molecule has 0 aromatic carbocycles. The molecule has 0 bridgehead atoms. The number of rotatable bonds is 7. The van der Waals surface area contributed by atoms with Crippen LogP contribution in [0.15, 0.2) is 11.8 Å². The van der Waals surface area contributed by atoms with E-state index < -0.39 is 5.91 Å². The molecule has 0 aromatic heterocycles. The van der Waals surface area contributed by atoms with E-state index in [1.807, 2.05) is 6.07 Å². The molecular formula is C15H25N3O3. The van der Waals surface area contributed by atoms with E-state index in [4.69, 9.17) is 15.5 Å². The summed E-state index contributed by atoms with van der Waals surface area (Å²) in [7, 11) is 0. The van der Waals surface area contributed by atoms with E-state index in [0.29, 0.717) is 12.0 Å². The Morgan fingerprint density at radius 3 is 2.48 bits per heavy atom. The molecule has 118 valence electrons. The summed E-state index contributed by atoms with van der Waals surface area (Å²) in [4.78, 5) is 13.5. The van der Waals surface area contributed by atoms with E-state index in [-0.39, 0.29) is 31.9 Å². The van der Waals surface area contributed by atoms with E-state index in [1.165, 1.54) is 17.5 Å². The highest BCUT2D eigenvalue weighted by atomic mass is 16.3. The van der Waals surface area contributed by atoms with Crippen molar-refractivity contribution in [1.29, 1.82) is 5.26 Å². The summed E-state index contributed by atoms with van der Waals surface area (Å²) in [5.41, 5.74) is 0.00896. The molecule has 2 atom stereocenters. The fourth-order valence-corrected chi connectivity index (χ4v) is 2.62. The number of aliphatic hydroxyl groups is 2. The summed E-state index contributed by atoms with van der Waals surface area (Å²) >= 11 is 0. The first-order chi connectivity index (χ1) is 10.1. The normalized spacial score (nSPS) is 22.5. The molecule has 21 heavy (non-hydrogen) atoms. The summed E-state index contributed by atoms with van der Waals surface area (Å²) < 4.78 is 0. The van der Waals surface area contributed by atoms with Gasteiger partial charge in [-0.05, 0) is 18.8 Å². The Bertz CT molecular complexity index is 397. The number of aliphatic hydroxyl groups excluding tert-OH is 2. The third kappa shape index (κ3) is 5.37. The highest BCUT2D eigenvalue weighted by Gasteiger charge is 2.22. The van der Waals surface area contributed by atoms with Gasteiger partial charge in [0.2, 0.25) is 0 Å². The van der Waals surface area contributed by atoms with Gasteiger partial charge in [0, 0.05) is 25.3 Å². The molecule has 1 saturated carbocycles. The Hall–Kier alpha value is -1.58. The molecule has 0 radical (unpaired) electrons. The number of hydrogen-bond acceptors (Lipinski definition) is 5. The number of nitrogens with one attached hydrogen (secondary N) is 1. The van der Waals surface area contributed by atoms with Gasteiger partial charge in [0.25, 0.3) is 5.91 Å². The smallest absolute Gasteiger partial charge is 0.266 e. The zero-order chi connectivity index (χ0) is 15.7. The van der Waals surface area contributed by atoms with Gasteiger partial charge in [-0.2, -0.15) is 5.26 Å². The molecule has 0 saturated heterocycles. The molecule has 0 spiro atoms. The summed E-state index contributed by atoms with van der Waals surface area (Å²) in [6.45, 7) is 1.99. The molecule has 3 N–H and O–H groups in total. The summed E-state index contributed by atoms with van der Waals surface area (Å²) in [5.74, 6) is 0.0626. The molecule has 0 aliphatic heterocycles. The van der Waals surface area contributed by atoms with Crippen LogP contribution in [-0.2, 0) is 4.79 Å². The molecule has 6 nitrogen and oxygen atoms in total. The lowest BCUT2D eigenvalue weighted by Gasteiger charge is -2.29. The minimum Gasteiger partial charge on any atom is -0.395 e. The molecule has 0 heterocycles. The van der Waals surface area contributed by atoms with E-state index in [9.17, 15) is 4.79 Å². The van der Waals surface area contributed by atoms with Gasteiger partial charge in [-0.15, -0.1) is 0 Å². The topological polar surface area (TPSA) is 96.6 Å². The lowest BCUT2D eigenvalue weighted by molar-refractivity contribution is -0.127. The van der Waals surface area contributed by atoms with Gasteiger partial charge in [-0.3, -0.25) is 4.79 Å². The molecule has 1 rings (SSSR count). The second-order valence-electron chi connectivity index (χ2n) is 5.44. The average Bonchev–Trinajstić information content (AvgIpc) is 2.49. The van der Waals surface area contributed by atoms with E-state index in [2.05, 4.69) is 12.2 Å². The van der Waals surface area contributed by atoms with Crippen LogP contribution in [0.5, 0.6) is 0 Å². The van der Waals surface area contributed by atoms with Crippen LogP contribution >= 0.6 is 0 Å². The van der Waals surface area contributed by atoms with Crippen molar-refractivity contribution in [3.63, 3.8) is 0 Å². The first kappa shape index (κ1) is 17.5. The van der Waals surface area contributed by atoms with Crippen molar-refractivity contribution in [2.75, 3.05) is 26.3 Å². The van der Waals surface area contributed by atoms with Crippen LogP contribution in [0.4, 0.5) is 0 Å². The van der Waals surface area contributed by atoms with E-state index in [1.54, 1.807) is 0 Å². The van der Waals surface area contributed by atoms with Crippen molar-refractivity contribution in [3.8, 4) is 6.07 Å². The summed E-state index contributed by atoms with van der Waals surface area (Å²) in [6.07, 6.45) is 6.07. The van der Waals surface area contributed by atoms with Crippen LogP contribution in [0, 0.1) is 17.2 Å². The van der Waals surface area contributed by atoms with Crippen molar-refractivity contribution in [1.82, 2.24) is 10.2 Å². The van der Waals surface area contributed by atoms with Gasteiger partial charge in [-0.1, -0.05) is 19.8 Å². The maximum absolute atomic E-state index is 12.2. The SMILES string of the molecule is CC1CCCCC1N/C=C(/C#N)C(=O)N(CCO)CCO. The zero-order valence-electron chi connectivity index (χ0n) is 12.6. The Kier molecular flexibility index (Phi) is 7.80. The van der Waals surface area contributed by atoms with Gasteiger partial charge in [0.05, 0.1) is 13.2 Å². The Labute approximate surface area is 126 Å². The molecule has 1 aliphatic rings. The van der Waals surface area contributed by atoms with Crippen molar-refractivity contribution in [2.45, 2.75) is 38.6 Å². The second-order valence-corrected chi connectivity index (χ2v) is 5.44. The van der Waals surface area contributed by atoms with Crippen molar-refractivity contribution in [2.24, 2.45) is 5.92 Å². The first-order valence-corrected chi connectivity index (χ1v) is 7.51. The molecule has 2 unspecified atom stereocenters. The Morgan fingerprint density at radius 2 is 1.95 bits per heavy atom. The van der Waals surface area contributed by atoms with Gasteiger partial charge in [0.1, 0.15) is 11.6 Å². The highest BCUT2D eigenvalue weighted by molar-refractivity contribution is 5.97. The zero-order valence-corrected chi connectivity index (χ0v) is 12.6. The van der Waals surface area contributed by atoms with Crippen LogP contribution in [-0.4, -0.2) is 53.4 Å². The number of carbonyl (C=O) groups is 1. The van der Waals surface area contributed by atoms with Crippen molar-refractivity contribution < 1.29 is 15.0 Å². The molecule has 1 aliphatic carbocycles. The number of nitrogens with zero attached hydrogens (tertiary/aromatic N) is 2. The Balaban J connectivity index is 2.68. The van der Waals surface area contributed by atoms with E-state index in [0.717, 1.165) is 19.3 Å². The van der Waals surface area contributed by atoms with E-state index >= 15 is 0 Å². The molecule has 1 amide bonds. The largest absolute Gasteiger partial charge is 0.395 e. The second kappa shape index (κ2) is 9.37. The standard InChI is InChI=1S/C15H25N3O3/c1-12-4-2-3-5-14(12)17-11-13(10-16)15(21)18(6-8-19)7-9-20/h11-12,14,17,19-20H,2-9H2,1H3/b13-11-. The third-order valence-electron chi connectivity index (χ3n) is 3.93. The molecule has 6 heteroatoms. The quantitative estimate of drug-likeness (QED) is 0.466. The molecule has 1 fully saturated rings. The fourth-order valence-electron chi connectivity index (χ4n) is 2.62. The monoisotopic (exact) mass is 295 g/mol. The maximum Gasteiger partial charge on any atom is 0.266 e. The predicted octanol–water partition coefficient (Wildman–Crippen LogP) is 0.375. The lowest BCUT2D eigenvalue weighted by Crippen LogP contribution is -2.38. The highest BCUT2D eigenvalue weighted by Crippen LogP contribution is 2.23. The number of amides is 1. The van der Waals surface area contributed by atoms with Gasteiger partial charge in [0.15, 0.2) is 0 Å². The minimum absolute atomic E-state index is 0.00896. The fraction of sp³-hybridized carbons (Fsp3) is 0.733. The number of carbonyl (C=O) groups excluding carboxylic acids is 1. The van der Waals surface area contributed by atoms with Gasteiger partial charge < -0.3 is 20.4 Å². The summed E-state index contributed by atoms with van der Waals surface area (Å²) in [5, 5.41) is 30.2. The third-order valence-corrected chi connectivity index (χ3v) is 3.93. The van der Waals surface area contributed by atoms with Crippen LogP contribution in [0.25, 0.3) is 0 Å².